The van der Waals surface area contributed by atoms with Crippen LogP contribution in [0.3, 0.4) is 0 Å². The molecule has 0 radical (unpaired) electrons. The fraction of sp³-hybridized carbons (Fsp3) is 0.333. The SMILES string of the molecule is O=C(O)C(F)(F)F.O=C(O)C(F)(F)F.O=C1N=CN=N1. The van der Waals surface area contributed by atoms with Crippen LogP contribution in [0.1, 0.15) is 0 Å². The summed E-state index contributed by atoms with van der Waals surface area (Å²) in [6.07, 6.45) is -9.05. The molecular weight excluding hydrogens is 308 g/mol. The number of aliphatic imine (C=N–C) groups is 1. The quantitative estimate of drug-likeness (QED) is 0.660. The molecule has 0 unspecified atom stereocenters. The number of azo groups is 1. The molecule has 0 saturated carbocycles. The van der Waals surface area contributed by atoms with E-state index in [-0.39, 0.29) is 0 Å². The molecule has 0 fully saturated rings. The largest absolute Gasteiger partial charge is 0.490 e. The highest BCUT2D eigenvalue weighted by Gasteiger charge is 2.38. The van der Waals surface area contributed by atoms with Crippen LogP contribution in [0.25, 0.3) is 0 Å². The summed E-state index contributed by atoms with van der Waals surface area (Å²) < 4.78 is 63.5. The van der Waals surface area contributed by atoms with Crippen molar-refractivity contribution in [1.29, 1.82) is 0 Å². The number of urea groups is 1. The average Bonchev–Trinajstić information content (AvgIpc) is 2.67. The molecule has 1 aliphatic heterocycles. The summed E-state index contributed by atoms with van der Waals surface area (Å²) >= 11 is 0. The summed E-state index contributed by atoms with van der Waals surface area (Å²) in [5, 5.41) is 20.4. The number of carbonyl (C=O) groups excluding carboxylic acids is 1. The van der Waals surface area contributed by atoms with Crippen LogP contribution < -0.4 is 0 Å². The lowest BCUT2D eigenvalue weighted by atomic mass is 10.7. The molecule has 0 aliphatic carbocycles. The number of halogens is 6. The molecule has 8 nitrogen and oxygen atoms in total. The number of alkyl halides is 6. The van der Waals surface area contributed by atoms with E-state index in [9.17, 15) is 31.1 Å². The molecule has 0 aromatic heterocycles. The van der Waals surface area contributed by atoms with Gasteiger partial charge in [-0.2, -0.15) is 31.3 Å². The van der Waals surface area contributed by atoms with Gasteiger partial charge < -0.3 is 10.2 Å². The van der Waals surface area contributed by atoms with Gasteiger partial charge in [0.05, 0.1) is 0 Å². The minimum Gasteiger partial charge on any atom is -0.475 e. The molecule has 114 valence electrons. The zero-order valence-electron chi connectivity index (χ0n) is 8.81. The third-order valence-electron chi connectivity index (χ3n) is 0.848. The summed E-state index contributed by atoms with van der Waals surface area (Å²) in [6.45, 7) is 0. The first-order valence-electron chi connectivity index (χ1n) is 3.86. The summed E-state index contributed by atoms with van der Waals surface area (Å²) in [6, 6.07) is -0.519. The molecule has 1 rings (SSSR count). The Bertz CT molecular complexity index is 388. The second-order valence-corrected chi connectivity index (χ2v) is 2.35. The lowest BCUT2D eigenvalue weighted by Crippen LogP contribution is -2.21. The number of carbonyl (C=O) groups is 3. The Morgan fingerprint density at radius 3 is 1.30 bits per heavy atom. The summed E-state index contributed by atoms with van der Waals surface area (Å²) in [4.78, 5) is 30.7. The number of amides is 2. The van der Waals surface area contributed by atoms with Crippen molar-refractivity contribution in [3.8, 4) is 0 Å². The van der Waals surface area contributed by atoms with Crippen LogP contribution in [-0.4, -0.2) is 46.9 Å². The molecular formula is C6H3F6N3O5. The van der Waals surface area contributed by atoms with Crippen molar-refractivity contribution in [2.45, 2.75) is 12.4 Å². The van der Waals surface area contributed by atoms with Gasteiger partial charge in [-0.15, -0.1) is 5.11 Å². The number of hydrogen-bond acceptors (Lipinski definition) is 4. The van der Waals surface area contributed by atoms with E-state index in [0.717, 1.165) is 6.34 Å². The van der Waals surface area contributed by atoms with Crippen LogP contribution in [0.5, 0.6) is 0 Å². The van der Waals surface area contributed by atoms with Gasteiger partial charge >= 0.3 is 30.3 Å². The van der Waals surface area contributed by atoms with Gasteiger partial charge in [0.1, 0.15) is 6.34 Å². The van der Waals surface area contributed by atoms with Crippen molar-refractivity contribution in [2.24, 2.45) is 15.2 Å². The fourth-order valence-electron chi connectivity index (χ4n) is 0.176. The smallest absolute Gasteiger partial charge is 0.475 e. The van der Waals surface area contributed by atoms with Crippen molar-refractivity contribution in [3.05, 3.63) is 0 Å². The van der Waals surface area contributed by atoms with E-state index in [4.69, 9.17) is 19.8 Å². The maximum Gasteiger partial charge on any atom is 0.490 e. The van der Waals surface area contributed by atoms with Crippen LogP contribution in [0.4, 0.5) is 31.1 Å². The van der Waals surface area contributed by atoms with E-state index in [2.05, 4.69) is 15.2 Å². The highest BCUT2D eigenvalue weighted by molar-refractivity contribution is 5.87. The Hall–Kier alpha value is -2.54. The Labute approximate surface area is 104 Å². The minimum absolute atomic E-state index is 0.519. The fourth-order valence-corrected chi connectivity index (χ4v) is 0.176. The lowest BCUT2D eigenvalue weighted by Gasteiger charge is -1.93. The van der Waals surface area contributed by atoms with Crippen LogP contribution in [0.15, 0.2) is 15.2 Å². The maximum absolute atomic E-state index is 10.6. The van der Waals surface area contributed by atoms with E-state index in [1.807, 2.05) is 0 Å². The van der Waals surface area contributed by atoms with Crippen LogP contribution >= 0.6 is 0 Å². The first kappa shape index (κ1) is 19.8. The van der Waals surface area contributed by atoms with Gasteiger partial charge in [-0.25, -0.2) is 14.4 Å². The first-order valence-corrected chi connectivity index (χ1v) is 3.86. The van der Waals surface area contributed by atoms with E-state index in [0.29, 0.717) is 0 Å². The zero-order valence-corrected chi connectivity index (χ0v) is 8.81. The molecule has 14 heteroatoms. The normalized spacial score (nSPS) is 13.0. The Balaban J connectivity index is 0. The second kappa shape index (κ2) is 7.80. The van der Waals surface area contributed by atoms with Gasteiger partial charge in [0.15, 0.2) is 0 Å². The molecule has 0 bridgehead atoms. The first-order chi connectivity index (χ1) is 8.78. The molecule has 0 aromatic carbocycles. The summed E-state index contributed by atoms with van der Waals surface area (Å²) in [5.74, 6) is -5.51. The molecule has 0 saturated heterocycles. The number of carboxylic acid groups (broad SMARTS) is 2. The highest BCUT2D eigenvalue weighted by atomic mass is 19.4. The zero-order chi connectivity index (χ0) is 16.6. The van der Waals surface area contributed by atoms with E-state index in [1.165, 1.54) is 0 Å². The molecule has 2 N–H and O–H groups in total. The van der Waals surface area contributed by atoms with Gasteiger partial charge in [-0.3, -0.25) is 0 Å². The lowest BCUT2D eigenvalue weighted by molar-refractivity contribution is -0.193. The number of carboxylic acids is 2. The molecule has 2 amide bonds. The van der Waals surface area contributed by atoms with Gasteiger partial charge in [-0.1, -0.05) is 5.11 Å². The average molecular weight is 311 g/mol. The second-order valence-electron chi connectivity index (χ2n) is 2.35. The Morgan fingerprint density at radius 1 is 0.950 bits per heavy atom. The summed E-state index contributed by atoms with van der Waals surface area (Å²) in [5.41, 5.74) is 0. The predicted molar refractivity (Wildman–Crippen MR) is 46.1 cm³/mol. The van der Waals surface area contributed by atoms with Crippen LogP contribution in [-0.2, 0) is 9.59 Å². The molecule has 0 aromatic rings. The van der Waals surface area contributed by atoms with Crippen LogP contribution in [0, 0.1) is 0 Å². The number of rotatable bonds is 0. The maximum atomic E-state index is 10.6. The standard InChI is InChI=1S/2C2HF3O2.C2HN3O/c2*3-2(4,5)1(6)7;6-2-3-1-4-5-2/h2*(H,6,7);1H. The topological polar surface area (TPSA) is 129 Å². The number of aliphatic carboxylic acids is 2. The highest BCUT2D eigenvalue weighted by Crippen LogP contribution is 2.13. The number of nitrogens with zero attached hydrogens (tertiary/aromatic N) is 3. The van der Waals surface area contributed by atoms with Crippen LogP contribution in [0.2, 0.25) is 0 Å². The summed E-state index contributed by atoms with van der Waals surface area (Å²) in [7, 11) is 0. The van der Waals surface area contributed by atoms with Crippen molar-refractivity contribution >= 4 is 24.3 Å². The van der Waals surface area contributed by atoms with Crippen molar-refractivity contribution in [3.63, 3.8) is 0 Å². The third kappa shape index (κ3) is 11.9. The molecule has 1 heterocycles. The monoisotopic (exact) mass is 311 g/mol. The Morgan fingerprint density at radius 2 is 1.25 bits per heavy atom. The third-order valence-corrected chi connectivity index (χ3v) is 0.848. The van der Waals surface area contributed by atoms with E-state index >= 15 is 0 Å². The van der Waals surface area contributed by atoms with Gasteiger partial charge in [-0.05, 0) is 0 Å². The van der Waals surface area contributed by atoms with Crippen molar-refractivity contribution in [2.75, 3.05) is 0 Å². The van der Waals surface area contributed by atoms with Gasteiger partial charge in [0.2, 0.25) is 0 Å². The minimum atomic E-state index is -5.08. The Kier molecular flexibility index (Phi) is 7.72. The molecule has 20 heavy (non-hydrogen) atoms. The van der Waals surface area contributed by atoms with Crippen molar-refractivity contribution in [1.82, 2.24) is 0 Å². The van der Waals surface area contributed by atoms with Crippen molar-refractivity contribution < 1.29 is 50.9 Å². The molecule has 0 spiro atoms. The predicted octanol–water partition coefficient (Wildman–Crippen LogP) is 1.87. The molecule has 0 atom stereocenters. The van der Waals surface area contributed by atoms with Gasteiger partial charge in [0, 0.05) is 0 Å². The number of hydrogen-bond donors (Lipinski definition) is 2. The molecule has 1 aliphatic rings. The van der Waals surface area contributed by atoms with E-state index < -0.39 is 30.3 Å². The van der Waals surface area contributed by atoms with Gasteiger partial charge in [0.25, 0.3) is 0 Å². The van der Waals surface area contributed by atoms with E-state index in [1.54, 1.807) is 0 Å².